The molecule has 2 N–H and O–H groups in total. The first-order chi connectivity index (χ1) is 5.18. The van der Waals surface area contributed by atoms with Crippen molar-refractivity contribution in [3.8, 4) is 10.8 Å². The van der Waals surface area contributed by atoms with Gasteiger partial charge in [0, 0.05) is 27.9 Å². The van der Waals surface area contributed by atoms with E-state index in [0.717, 1.165) is 12.8 Å². The van der Waals surface area contributed by atoms with Gasteiger partial charge in [-0.25, -0.2) is 4.79 Å². The van der Waals surface area contributed by atoms with E-state index >= 15 is 0 Å². The number of amides is 1. The van der Waals surface area contributed by atoms with Crippen molar-refractivity contribution in [2.24, 2.45) is 5.41 Å². The van der Waals surface area contributed by atoms with Gasteiger partial charge in [-0.3, -0.25) is 0 Å². The summed E-state index contributed by atoms with van der Waals surface area (Å²) in [4.78, 5) is 12.7. The molecule has 4 heteroatoms. The molecule has 0 aromatic heterocycles. The molecule has 0 aromatic carbocycles. The fourth-order valence-electron chi connectivity index (χ4n) is 0.842. The monoisotopic (exact) mass is 217 g/mol. The zero-order valence-electron chi connectivity index (χ0n) is 5.85. The zero-order valence-corrected chi connectivity index (χ0v) is 7.44. The second-order valence-corrected chi connectivity index (χ2v) is 3.06. The zero-order chi connectivity index (χ0) is 8.32. The number of nitrogens with one attached hydrogen (secondary N) is 1. The molecule has 1 amide bonds. The largest absolute Gasteiger partial charge is 0.465 e. The maximum absolute atomic E-state index is 10.1. The van der Waals surface area contributed by atoms with E-state index in [1.807, 2.05) is 0 Å². The standard InChI is InChI=1S/C7H8BrNO2/c8-4-3-7(1-2-7)5-9-6(10)11/h9H,1-2,5H2,(H,10,11). The molecule has 0 spiro atoms. The summed E-state index contributed by atoms with van der Waals surface area (Å²) in [5.74, 6) is 2.93. The van der Waals surface area contributed by atoms with Gasteiger partial charge >= 0.3 is 6.09 Å². The van der Waals surface area contributed by atoms with Crippen molar-refractivity contribution in [3.63, 3.8) is 0 Å². The molecule has 0 heterocycles. The summed E-state index contributed by atoms with van der Waals surface area (Å²) in [6.45, 7) is 0.445. The van der Waals surface area contributed by atoms with Crippen molar-refractivity contribution in [2.45, 2.75) is 12.8 Å². The van der Waals surface area contributed by atoms with Crippen molar-refractivity contribution in [2.75, 3.05) is 6.54 Å². The Labute approximate surface area is 73.3 Å². The Morgan fingerprint density at radius 3 is 2.73 bits per heavy atom. The highest BCUT2D eigenvalue weighted by Gasteiger charge is 2.41. The second-order valence-electron chi connectivity index (χ2n) is 2.66. The summed E-state index contributed by atoms with van der Waals surface area (Å²) < 4.78 is 0. The van der Waals surface area contributed by atoms with Gasteiger partial charge in [0.2, 0.25) is 0 Å². The first-order valence-corrected chi connectivity index (χ1v) is 4.07. The average molecular weight is 218 g/mol. The van der Waals surface area contributed by atoms with Gasteiger partial charge in [0.15, 0.2) is 0 Å². The molecule has 0 atom stereocenters. The third-order valence-electron chi connectivity index (χ3n) is 1.74. The van der Waals surface area contributed by atoms with Gasteiger partial charge in [0.1, 0.15) is 0 Å². The third-order valence-corrected chi connectivity index (χ3v) is 1.94. The Hall–Kier alpha value is -0.690. The van der Waals surface area contributed by atoms with Gasteiger partial charge in [0.05, 0.1) is 0 Å². The van der Waals surface area contributed by atoms with E-state index in [9.17, 15) is 4.79 Å². The predicted octanol–water partition coefficient (Wildman–Crippen LogP) is 1.39. The van der Waals surface area contributed by atoms with Crippen LogP contribution in [0.5, 0.6) is 0 Å². The fourth-order valence-corrected chi connectivity index (χ4v) is 1.26. The molecule has 1 rings (SSSR count). The molecule has 1 aliphatic rings. The third kappa shape index (κ3) is 2.43. The maximum atomic E-state index is 10.1. The summed E-state index contributed by atoms with van der Waals surface area (Å²) in [7, 11) is 0. The molecule has 0 aliphatic heterocycles. The van der Waals surface area contributed by atoms with Crippen LogP contribution in [0.4, 0.5) is 4.79 Å². The SMILES string of the molecule is O=C(O)NCC1(C#CBr)CC1. The normalized spacial score (nSPS) is 17.9. The first kappa shape index (κ1) is 8.41. The van der Waals surface area contributed by atoms with Crippen LogP contribution >= 0.6 is 15.9 Å². The van der Waals surface area contributed by atoms with Crippen LogP contribution in [0, 0.1) is 16.2 Å². The van der Waals surface area contributed by atoms with E-state index in [1.165, 1.54) is 0 Å². The van der Waals surface area contributed by atoms with E-state index in [2.05, 4.69) is 32.0 Å². The molecular weight excluding hydrogens is 210 g/mol. The Morgan fingerprint density at radius 1 is 1.73 bits per heavy atom. The second kappa shape index (κ2) is 3.14. The molecule has 1 saturated carbocycles. The van der Waals surface area contributed by atoms with Crippen molar-refractivity contribution in [1.29, 1.82) is 0 Å². The van der Waals surface area contributed by atoms with Crippen LogP contribution in [0.15, 0.2) is 0 Å². The van der Waals surface area contributed by atoms with Gasteiger partial charge in [0.25, 0.3) is 0 Å². The van der Waals surface area contributed by atoms with E-state index in [0.29, 0.717) is 6.54 Å². The molecular formula is C7H8BrNO2. The van der Waals surface area contributed by atoms with Crippen LogP contribution in [0.3, 0.4) is 0 Å². The molecule has 3 nitrogen and oxygen atoms in total. The topological polar surface area (TPSA) is 49.3 Å². The van der Waals surface area contributed by atoms with Crippen molar-refractivity contribution < 1.29 is 9.90 Å². The number of hydrogen-bond acceptors (Lipinski definition) is 1. The lowest BCUT2D eigenvalue weighted by atomic mass is 10.1. The highest BCUT2D eigenvalue weighted by Crippen LogP contribution is 2.44. The molecule has 1 fully saturated rings. The van der Waals surface area contributed by atoms with Crippen molar-refractivity contribution in [1.82, 2.24) is 5.32 Å². The predicted molar refractivity (Wildman–Crippen MR) is 44.4 cm³/mol. The van der Waals surface area contributed by atoms with Gasteiger partial charge in [-0.05, 0) is 17.7 Å². The molecule has 11 heavy (non-hydrogen) atoms. The molecule has 0 unspecified atom stereocenters. The Kier molecular flexibility index (Phi) is 2.40. The highest BCUT2D eigenvalue weighted by atomic mass is 79.9. The number of carboxylic acid groups (broad SMARTS) is 1. The first-order valence-electron chi connectivity index (χ1n) is 3.28. The number of hydrogen-bond donors (Lipinski definition) is 2. The van der Waals surface area contributed by atoms with Gasteiger partial charge < -0.3 is 10.4 Å². The van der Waals surface area contributed by atoms with Crippen molar-refractivity contribution >= 4 is 22.0 Å². The van der Waals surface area contributed by atoms with Gasteiger partial charge in [-0.1, -0.05) is 5.92 Å². The highest BCUT2D eigenvalue weighted by molar-refractivity contribution is 9.12. The van der Waals surface area contributed by atoms with E-state index in [4.69, 9.17) is 5.11 Å². The fraction of sp³-hybridized carbons (Fsp3) is 0.571. The Balaban J connectivity index is 2.34. The smallest absolute Gasteiger partial charge is 0.404 e. The summed E-state index contributed by atoms with van der Waals surface area (Å²) in [6.07, 6.45) is 1.00. The van der Waals surface area contributed by atoms with Crippen molar-refractivity contribution in [3.05, 3.63) is 0 Å². The molecule has 0 saturated heterocycles. The van der Waals surface area contributed by atoms with Crippen LogP contribution in [0.2, 0.25) is 0 Å². The molecule has 0 aromatic rings. The number of carbonyl (C=O) groups is 1. The van der Waals surface area contributed by atoms with Crippen LogP contribution in [-0.2, 0) is 0 Å². The van der Waals surface area contributed by atoms with E-state index < -0.39 is 6.09 Å². The van der Waals surface area contributed by atoms with E-state index in [1.54, 1.807) is 0 Å². The number of halogens is 1. The summed E-state index contributed by atoms with van der Waals surface area (Å²) in [6, 6.07) is 0. The molecule has 1 aliphatic carbocycles. The molecule has 0 radical (unpaired) electrons. The summed E-state index contributed by atoms with van der Waals surface area (Å²) in [5, 5.41) is 10.6. The molecule has 0 bridgehead atoms. The van der Waals surface area contributed by atoms with Crippen LogP contribution in [0.1, 0.15) is 12.8 Å². The van der Waals surface area contributed by atoms with Crippen LogP contribution < -0.4 is 5.32 Å². The van der Waals surface area contributed by atoms with E-state index in [-0.39, 0.29) is 5.41 Å². The quantitative estimate of drug-likeness (QED) is 0.688. The number of rotatable bonds is 2. The van der Waals surface area contributed by atoms with Crippen LogP contribution in [-0.4, -0.2) is 17.7 Å². The minimum atomic E-state index is -0.979. The molecule has 60 valence electrons. The lowest BCUT2D eigenvalue weighted by Crippen LogP contribution is -2.27. The summed E-state index contributed by atoms with van der Waals surface area (Å²) in [5.41, 5.74) is -0.0676. The minimum absolute atomic E-state index is 0.0676. The maximum Gasteiger partial charge on any atom is 0.404 e. The Morgan fingerprint density at radius 2 is 2.36 bits per heavy atom. The summed E-state index contributed by atoms with van der Waals surface area (Å²) >= 11 is 3.00. The van der Waals surface area contributed by atoms with Gasteiger partial charge in [-0.15, -0.1) is 0 Å². The average Bonchev–Trinajstić information content (AvgIpc) is 2.67. The lowest BCUT2D eigenvalue weighted by Gasteiger charge is -2.05. The lowest BCUT2D eigenvalue weighted by molar-refractivity contribution is 0.193. The van der Waals surface area contributed by atoms with Crippen LogP contribution in [0.25, 0.3) is 0 Å². The minimum Gasteiger partial charge on any atom is -0.465 e. The Bertz CT molecular complexity index is 224. The van der Waals surface area contributed by atoms with Gasteiger partial charge in [-0.2, -0.15) is 0 Å².